The molecule has 0 saturated carbocycles. The van der Waals surface area contributed by atoms with E-state index in [1.165, 1.54) is 6.92 Å². The molecule has 0 aromatic heterocycles. The number of nitrogens with zero attached hydrogens (tertiary/aromatic N) is 1. The van der Waals surface area contributed by atoms with Crippen LogP contribution in [0.5, 0.6) is 11.5 Å². The maximum atomic E-state index is 11.3. The van der Waals surface area contributed by atoms with E-state index in [1.807, 2.05) is 6.07 Å². The number of benzene rings is 1. The molecule has 0 fully saturated rings. The Balaban J connectivity index is 2.40. The second-order valence-electron chi connectivity index (χ2n) is 3.33. The number of ketones is 1. The average molecular weight is 203 g/mol. The molecule has 0 bridgehead atoms. The Morgan fingerprint density at radius 1 is 1.47 bits per heavy atom. The average Bonchev–Trinajstić information content (AvgIpc) is 2.28. The molecule has 1 aromatic rings. The summed E-state index contributed by atoms with van der Waals surface area (Å²) in [5.41, 5.74) is -1.49. The highest BCUT2D eigenvalue weighted by Crippen LogP contribution is 2.34. The number of fused-ring (bicyclic) bond motifs is 1. The van der Waals surface area contributed by atoms with Crippen LogP contribution in [0, 0.1) is 11.3 Å². The SMILES string of the molecule is CC(=O)C1(C#N)COc2ccccc2O1. The van der Waals surface area contributed by atoms with Crippen molar-refractivity contribution in [1.29, 1.82) is 5.26 Å². The third kappa shape index (κ3) is 1.42. The van der Waals surface area contributed by atoms with Gasteiger partial charge >= 0.3 is 0 Å². The van der Waals surface area contributed by atoms with Gasteiger partial charge in [0.1, 0.15) is 12.7 Å². The van der Waals surface area contributed by atoms with Gasteiger partial charge in [0.25, 0.3) is 5.60 Å². The van der Waals surface area contributed by atoms with Crippen LogP contribution in [-0.2, 0) is 4.79 Å². The Bertz CT molecular complexity index is 449. The molecular weight excluding hydrogens is 194 g/mol. The lowest BCUT2D eigenvalue weighted by atomic mass is 10.0. The number of ether oxygens (including phenoxy) is 2. The van der Waals surface area contributed by atoms with Crippen LogP contribution in [0.25, 0.3) is 0 Å². The van der Waals surface area contributed by atoms with Gasteiger partial charge in [0.15, 0.2) is 17.3 Å². The van der Waals surface area contributed by atoms with Crippen LogP contribution in [0.15, 0.2) is 24.3 Å². The van der Waals surface area contributed by atoms with Crippen LogP contribution >= 0.6 is 0 Å². The summed E-state index contributed by atoms with van der Waals surface area (Å²) in [6.07, 6.45) is 0. The maximum absolute atomic E-state index is 11.3. The minimum absolute atomic E-state index is 0.0597. The van der Waals surface area contributed by atoms with Gasteiger partial charge in [-0.2, -0.15) is 5.26 Å². The summed E-state index contributed by atoms with van der Waals surface area (Å²) in [5.74, 6) is 0.643. The van der Waals surface area contributed by atoms with E-state index in [0.29, 0.717) is 11.5 Å². The summed E-state index contributed by atoms with van der Waals surface area (Å²) in [5, 5.41) is 8.96. The maximum Gasteiger partial charge on any atom is 0.285 e. The minimum Gasteiger partial charge on any atom is -0.484 e. The largest absolute Gasteiger partial charge is 0.484 e. The van der Waals surface area contributed by atoms with E-state index < -0.39 is 5.60 Å². The van der Waals surface area contributed by atoms with E-state index in [-0.39, 0.29) is 12.4 Å². The van der Waals surface area contributed by atoms with Gasteiger partial charge in [-0.3, -0.25) is 4.79 Å². The zero-order valence-corrected chi connectivity index (χ0v) is 8.19. The van der Waals surface area contributed by atoms with Crippen LogP contribution in [0.2, 0.25) is 0 Å². The van der Waals surface area contributed by atoms with Crippen molar-refractivity contribution in [3.05, 3.63) is 24.3 Å². The van der Waals surface area contributed by atoms with Crippen molar-refractivity contribution >= 4 is 5.78 Å². The smallest absolute Gasteiger partial charge is 0.285 e. The van der Waals surface area contributed by atoms with Crippen molar-refractivity contribution in [2.45, 2.75) is 12.5 Å². The first kappa shape index (κ1) is 9.53. The molecule has 0 N–H and O–H groups in total. The molecule has 0 spiro atoms. The summed E-state index contributed by atoms with van der Waals surface area (Å²) in [7, 11) is 0. The van der Waals surface area contributed by atoms with Crippen molar-refractivity contribution in [2.75, 3.05) is 6.61 Å². The van der Waals surface area contributed by atoms with Crippen LogP contribution in [0.3, 0.4) is 0 Å². The van der Waals surface area contributed by atoms with E-state index in [4.69, 9.17) is 14.7 Å². The summed E-state index contributed by atoms with van der Waals surface area (Å²) >= 11 is 0. The molecule has 1 aromatic carbocycles. The van der Waals surface area contributed by atoms with Gasteiger partial charge in [-0.15, -0.1) is 0 Å². The fourth-order valence-corrected chi connectivity index (χ4v) is 1.36. The lowest BCUT2D eigenvalue weighted by Crippen LogP contribution is -2.49. The second-order valence-corrected chi connectivity index (χ2v) is 3.33. The molecule has 1 aliphatic heterocycles. The highest BCUT2D eigenvalue weighted by atomic mass is 16.6. The Hall–Kier alpha value is -2.02. The number of nitriles is 1. The third-order valence-corrected chi connectivity index (χ3v) is 2.31. The quantitative estimate of drug-likeness (QED) is 0.690. The van der Waals surface area contributed by atoms with Crippen LogP contribution in [0.1, 0.15) is 6.92 Å². The Morgan fingerprint density at radius 2 is 2.13 bits per heavy atom. The van der Waals surface area contributed by atoms with Gasteiger partial charge in [0, 0.05) is 0 Å². The molecule has 2 rings (SSSR count). The molecule has 0 aliphatic carbocycles. The molecule has 0 amide bonds. The Labute approximate surface area is 87.0 Å². The Morgan fingerprint density at radius 3 is 2.73 bits per heavy atom. The molecule has 0 radical (unpaired) electrons. The van der Waals surface area contributed by atoms with Crippen LogP contribution in [0.4, 0.5) is 0 Å². The van der Waals surface area contributed by atoms with E-state index >= 15 is 0 Å². The van der Waals surface area contributed by atoms with Gasteiger partial charge < -0.3 is 9.47 Å². The number of carbonyl (C=O) groups is 1. The molecule has 0 saturated heterocycles. The van der Waals surface area contributed by atoms with E-state index in [9.17, 15) is 4.79 Å². The molecule has 1 atom stereocenters. The number of para-hydroxylation sites is 2. The van der Waals surface area contributed by atoms with Gasteiger partial charge in [-0.25, -0.2) is 0 Å². The first-order valence-corrected chi connectivity index (χ1v) is 4.51. The predicted octanol–water partition coefficient (Wildman–Crippen LogP) is 1.31. The van der Waals surface area contributed by atoms with E-state index in [2.05, 4.69) is 0 Å². The number of carbonyl (C=O) groups excluding carboxylic acids is 1. The Kier molecular flexibility index (Phi) is 2.09. The normalized spacial score (nSPS) is 22.9. The topological polar surface area (TPSA) is 59.3 Å². The number of rotatable bonds is 1. The fourth-order valence-electron chi connectivity index (χ4n) is 1.36. The highest BCUT2D eigenvalue weighted by molar-refractivity contribution is 5.89. The lowest BCUT2D eigenvalue weighted by Gasteiger charge is -2.30. The zero-order chi connectivity index (χ0) is 10.9. The molecule has 1 aliphatic rings. The molecule has 4 heteroatoms. The van der Waals surface area contributed by atoms with Crippen LogP contribution in [-0.4, -0.2) is 18.0 Å². The van der Waals surface area contributed by atoms with Gasteiger partial charge in [-0.05, 0) is 19.1 Å². The third-order valence-electron chi connectivity index (χ3n) is 2.31. The van der Waals surface area contributed by atoms with E-state index in [0.717, 1.165) is 0 Å². The first-order valence-electron chi connectivity index (χ1n) is 4.51. The molecule has 4 nitrogen and oxygen atoms in total. The number of Topliss-reactive ketones (excluding diaryl/α,β-unsaturated/α-hetero) is 1. The molecule has 1 unspecified atom stereocenters. The molecule has 1 heterocycles. The summed E-state index contributed by atoms with van der Waals surface area (Å²) in [4.78, 5) is 11.3. The fraction of sp³-hybridized carbons (Fsp3) is 0.273. The monoisotopic (exact) mass is 203 g/mol. The van der Waals surface area contributed by atoms with E-state index in [1.54, 1.807) is 24.3 Å². The van der Waals surface area contributed by atoms with Gasteiger partial charge in [-0.1, -0.05) is 12.1 Å². The molecular formula is C11H9NO3. The highest BCUT2D eigenvalue weighted by Gasteiger charge is 2.43. The summed E-state index contributed by atoms with van der Waals surface area (Å²) in [6, 6.07) is 8.82. The standard InChI is InChI=1S/C11H9NO3/c1-8(13)11(6-12)7-14-9-4-2-3-5-10(9)15-11/h2-5H,7H2,1H3. The van der Waals surface area contributed by atoms with Crippen molar-refractivity contribution in [3.63, 3.8) is 0 Å². The summed E-state index contributed by atoms with van der Waals surface area (Å²) in [6.45, 7) is 1.26. The number of hydrogen-bond acceptors (Lipinski definition) is 4. The van der Waals surface area contributed by atoms with Crippen molar-refractivity contribution in [1.82, 2.24) is 0 Å². The first-order chi connectivity index (χ1) is 7.18. The molecule has 15 heavy (non-hydrogen) atoms. The number of hydrogen-bond donors (Lipinski definition) is 0. The van der Waals surface area contributed by atoms with Crippen LogP contribution < -0.4 is 9.47 Å². The molecule has 76 valence electrons. The van der Waals surface area contributed by atoms with Crippen molar-refractivity contribution in [3.8, 4) is 17.6 Å². The lowest BCUT2D eigenvalue weighted by molar-refractivity contribution is -0.131. The van der Waals surface area contributed by atoms with Gasteiger partial charge in [0.05, 0.1) is 0 Å². The van der Waals surface area contributed by atoms with Gasteiger partial charge in [0.2, 0.25) is 0 Å². The minimum atomic E-state index is -1.49. The van der Waals surface area contributed by atoms with Crippen molar-refractivity contribution in [2.24, 2.45) is 0 Å². The summed E-state index contributed by atoms with van der Waals surface area (Å²) < 4.78 is 10.7. The predicted molar refractivity (Wildman–Crippen MR) is 51.6 cm³/mol. The zero-order valence-electron chi connectivity index (χ0n) is 8.19. The van der Waals surface area contributed by atoms with Crippen molar-refractivity contribution < 1.29 is 14.3 Å². The second kappa shape index (κ2) is 3.28.